The molecule has 1 aliphatic rings. The zero-order valence-electron chi connectivity index (χ0n) is 7.48. The predicted molar refractivity (Wildman–Crippen MR) is 43.8 cm³/mol. The zero-order chi connectivity index (χ0) is 9.73. The maximum Gasteiger partial charge on any atom is 0.308 e. The van der Waals surface area contributed by atoms with Crippen LogP contribution >= 0.6 is 0 Å². The molecule has 1 aliphatic heterocycles. The summed E-state index contributed by atoms with van der Waals surface area (Å²) in [5, 5.41) is 27.2. The SMILES string of the molecule is OCCCCOC1(O)OCCC1O. The van der Waals surface area contributed by atoms with Crippen LogP contribution < -0.4 is 0 Å². The normalized spacial score (nSPS) is 33.9. The first-order chi connectivity index (χ1) is 6.19. The summed E-state index contributed by atoms with van der Waals surface area (Å²) in [6.45, 7) is 0.678. The average molecular weight is 192 g/mol. The van der Waals surface area contributed by atoms with Gasteiger partial charge in [-0.1, -0.05) is 0 Å². The lowest BCUT2D eigenvalue weighted by atomic mass is 10.2. The van der Waals surface area contributed by atoms with E-state index in [0.717, 1.165) is 0 Å². The summed E-state index contributed by atoms with van der Waals surface area (Å²) < 4.78 is 9.83. The van der Waals surface area contributed by atoms with Crippen LogP contribution in [0.1, 0.15) is 19.3 Å². The fraction of sp³-hybridized carbons (Fsp3) is 1.00. The van der Waals surface area contributed by atoms with Crippen LogP contribution in [-0.4, -0.2) is 47.2 Å². The van der Waals surface area contributed by atoms with Crippen LogP contribution in [0, 0.1) is 0 Å². The van der Waals surface area contributed by atoms with Gasteiger partial charge >= 0.3 is 5.97 Å². The molecular formula is C8H16O5. The maximum absolute atomic E-state index is 9.50. The van der Waals surface area contributed by atoms with Gasteiger partial charge in [0.2, 0.25) is 0 Å². The monoisotopic (exact) mass is 192 g/mol. The van der Waals surface area contributed by atoms with E-state index < -0.39 is 12.1 Å². The smallest absolute Gasteiger partial charge is 0.308 e. The highest BCUT2D eigenvalue weighted by Gasteiger charge is 2.43. The third kappa shape index (κ3) is 2.89. The Kier molecular flexibility index (Phi) is 4.08. The maximum atomic E-state index is 9.50. The molecule has 0 radical (unpaired) electrons. The number of aliphatic hydroxyl groups excluding tert-OH is 2. The molecule has 0 spiro atoms. The molecule has 5 heteroatoms. The first kappa shape index (κ1) is 10.9. The molecule has 0 aromatic rings. The second-order valence-corrected chi connectivity index (χ2v) is 3.06. The van der Waals surface area contributed by atoms with Gasteiger partial charge in [-0.15, -0.1) is 0 Å². The van der Waals surface area contributed by atoms with Crippen molar-refractivity contribution in [1.82, 2.24) is 0 Å². The molecule has 0 aliphatic carbocycles. The molecule has 78 valence electrons. The summed E-state index contributed by atoms with van der Waals surface area (Å²) in [6, 6.07) is 0. The molecule has 0 amide bonds. The summed E-state index contributed by atoms with van der Waals surface area (Å²) in [6.07, 6.45) is 0.666. The van der Waals surface area contributed by atoms with E-state index >= 15 is 0 Å². The molecule has 5 nitrogen and oxygen atoms in total. The van der Waals surface area contributed by atoms with Crippen molar-refractivity contribution >= 4 is 0 Å². The highest BCUT2D eigenvalue weighted by molar-refractivity contribution is 4.73. The molecule has 1 fully saturated rings. The highest BCUT2D eigenvalue weighted by atomic mass is 16.8. The van der Waals surface area contributed by atoms with Gasteiger partial charge in [-0.2, -0.15) is 0 Å². The quantitative estimate of drug-likeness (QED) is 0.392. The van der Waals surface area contributed by atoms with Crippen LogP contribution in [0.4, 0.5) is 0 Å². The summed E-state index contributed by atoms with van der Waals surface area (Å²) in [4.78, 5) is 0. The van der Waals surface area contributed by atoms with E-state index in [-0.39, 0.29) is 13.2 Å². The molecule has 13 heavy (non-hydrogen) atoms. The van der Waals surface area contributed by atoms with Crippen molar-refractivity contribution in [3.63, 3.8) is 0 Å². The minimum atomic E-state index is -1.82. The number of unbranched alkanes of at least 4 members (excludes halogenated alkanes) is 1. The second-order valence-electron chi connectivity index (χ2n) is 3.06. The average Bonchev–Trinajstić information content (AvgIpc) is 2.42. The fourth-order valence-corrected chi connectivity index (χ4v) is 1.17. The zero-order valence-corrected chi connectivity index (χ0v) is 7.48. The third-order valence-electron chi connectivity index (χ3n) is 1.98. The Hall–Kier alpha value is -0.200. The molecule has 0 aromatic heterocycles. The Labute approximate surface area is 76.9 Å². The molecule has 3 N–H and O–H groups in total. The number of rotatable bonds is 5. The van der Waals surface area contributed by atoms with Crippen molar-refractivity contribution in [2.45, 2.75) is 31.3 Å². The lowest BCUT2D eigenvalue weighted by molar-refractivity contribution is -0.367. The first-order valence-electron chi connectivity index (χ1n) is 4.48. The van der Waals surface area contributed by atoms with Gasteiger partial charge in [0.1, 0.15) is 6.10 Å². The van der Waals surface area contributed by atoms with E-state index in [4.69, 9.17) is 14.6 Å². The Bertz CT molecular complexity index is 151. The van der Waals surface area contributed by atoms with Crippen LogP contribution in [0.25, 0.3) is 0 Å². The van der Waals surface area contributed by atoms with Crippen LogP contribution in [-0.2, 0) is 9.47 Å². The van der Waals surface area contributed by atoms with Crippen molar-refractivity contribution in [3.05, 3.63) is 0 Å². The van der Waals surface area contributed by atoms with Gasteiger partial charge in [-0.05, 0) is 12.8 Å². The lowest BCUT2D eigenvalue weighted by Gasteiger charge is -2.24. The van der Waals surface area contributed by atoms with E-state index in [1.54, 1.807) is 0 Å². The minimum Gasteiger partial charge on any atom is -0.396 e. The van der Waals surface area contributed by atoms with E-state index in [1.165, 1.54) is 0 Å². The standard InChI is InChI=1S/C8H16O5/c9-4-1-2-5-12-8(11)7(10)3-6-13-8/h7,9-11H,1-6H2. The van der Waals surface area contributed by atoms with Gasteiger partial charge in [0.05, 0.1) is 13.2 Å². The first-order valence-corrected chi connectivity index (χ1v) is 4.48. The molecule has 0 saturated carbocycles. The molecule has 2 atom stereocenters. The van der Waals surface area contributed by atoms with Crippen molar-refractivity contribution in [2.75, 3.05) is 19.8 Å². The van der Waals surface area contributed by atoms with Gasteiger partial charge in [0, 0.05) is 13.0 Å². The Morgan fingerprint density at radius 1 is 1.46 bits per heavy atom. The lowest BCUT2D eigenvalue weighted by Crippen LogP contribution is -2.42. The van der Waals surface area contributed by atoms with Crippen molar-refractivity contribution in [1.29, 1.82) is 0 Å². The predicted octanol–water partition coefficient (Wildman–Crippen LogP) is -0.797. The number of hydrogen-bond donors (Lipinski definition) is 3. The summed E-state index contributed by atoms with van der Waals surface area (Å²) >= 11 is 0. The summed E-state index contributed by atoms with van der Waals surface area (Å²) in [5.41, 5.74) is 0. The fourth-order valence-electron chi connectivity index (χ4n) is 1.17. The summed E-state index contributed by atoms with van der Waals surface area (Å²) in [7, 11) is 0. The van der Waals surface area contributed by atoms with Gasteiger partial charge in [0.25, 0.3) is 0 Å². The largest absolute Gasteiger partial charge is 0.396 e. The van der Waals surface area contributed by atoms with Crippen molar-refractivity contribution < 1.29 is 24.8 Å². The molecular weight excluding hydrogens is 176 g/mol. The van der Waals surface area contributed by atoms with Gasteiger partial charge in [-0.25, -0.2) is 0 Å². The van der Waals surface area contributed by atoms with Gasteiger partial charge in [-0.3, -0.25) is 0 Å². The van der Waals surface area contributed by atoms with Crippen LogP contribution in [0.15, 0.2) is 0 Å². The third-order valence-corrected chi connectivity index (χ3v) is 1.98. The Morgan fingerprint density at radius 3 is 2.77 bits per heavy atom. The number of hydrogen-bond acceptors (Lipinski definition) is 5. The van der Waals surface area contributed by atoms with Crippen LogP contribution in [0.5, 0.6) is 0 Å². The van der Waals surface area contributed by atoms with E-state index in [0.29, 0.717) is 25.9 Å². The molecule has 1 rings (SSSR count). The second kappa shape index (κ2) is 4.88. The van der Waals surface area contributed by atoms with Crippen molar-refractivity contribution in [2.24, 2.45) is 0 Å². The molecule has 1 saturated heterocycles. The number of ether oxygens (including phenoxy) is 2. The van der Waals surface area contributed by atoms with Crippen LogP contribution in [0.3, 0.4) is 0 Å². The Balaban J connectivity index is 2.18. The highest BCUT2D eigenvalue weighted by Crippen LogP contribution is 2.24. The molecule has 1 heterocycles. The minimum absolute atomic E-state index is 0.102. The molecule has 0 bridgehead atoms. The van der Waals surface area contributed by atoms with E-state index in [2.05, 4.69) is 0 Å². The summed E-state index contributed by atoms with van der Waals surface area (Å²) in [5.74, 6) is -1.82. The van der Waals surface area contributed by atoms with E-state index in [1.807, 2.05) is 0 Å². The van der Waals surface area contributed by atoms with Crippen molar-refractivity contribution in [3.8, 4) is 0 Å². The van der Waals surface area contributed by atoms with E-state index in [9.17, 15) is 10.2 Å². The topological polar surface area (TPSA) is 79.2 Å². The molecule has 2 unspecified atom stereocenters. The number of aliphatic hydroxyl groups is 3. The van der Waals surface area contributed by atoms with Gasteiger partial charge in [0.15, 0.2) is 0 Å². The molecule has 0 aromatic carbocycles. The van der Waals surface area contributed by atoms with Gasteiger partial charge < -0.3 is 24.8 Å². The Morgan fingerprint density at radius 2 is 2.23 bits per heavy atom. The van der Waals surface area contributed by atoms with Crippen LogP contribution in [0.2, 0.25) is 0 Å².